The number of nitrogen functional groups attached to an aromatic ring is 1. The second-order valence-corrected chi connectivity index (χ2v) is 5.27. The van der Waals surface area contributed by atoms with E-state index >= 15 is 0 Å². The Morgan fingerprint density at radius 2 is 2.07 bits per heavy atom. The van der Waals surface area contributed by atoms with Gasteiger partial charge in [0.1, 0.15) is 0 Å². The van der Waals surface area contributed by atoms with Gasteiger partial charge in [-0.1, -0.05) is 18.7 Å². The summed E-state index contributed by atoms with van der Waals surface area (Å²) in [7, 11) is -1.80. The highest BCUT2D eigenvalue weighted by molar-refractivity contribution is 7.92. The number of hydrogen-bond donors (Lipinski definition) is 1. The molecule has 15 heavy (non-hydrogen) atoms. The van der Waals surface area contributed by atoms with Crippen LogP contribution in [0, 0.1) is 0 Å². The predicted molar refractivity (Wildman–Crippen MR) is 64.2 cm³/mol. The van der Waals surface area contributed by atoms with Gasteiger partial charge in [0.2, 0.25) is 10.0 Å². The van der Waals surface area contributed by atoms with Crippen LogP contribution in [0.4, 0.5) is 11.4 Å². The summed E-state index contributed by atoms with van der Waals surface area (Å²) >= 11 is 0. The van der Waals surface area contributed by atoms with Gasteiger partial charge in [-0.15, -0.1) is 0 Å². The van der Waals surface area contributed by atoms with Crippen LogP contribution < -0.4 is 10.0 Å². The Hall–Kier alpha value is -1.49. The molecular weight excluding hydrogens is 212 g/mol. The van der Waals surface area contributed by atoms with Crippen molar-refractivity contribution >= 4 is 27.5 Å². The molecule has 0 aliphatic heterocycles. The van der Waals surface area contributed by atoms with Crippen LogP contribution in [0.2, 0.25) is 0 Å². The lowest BCUT2D eigenvalue weighted by molar-refractivity contribution is 0.600. The molecule has 0 heterocycles. The number of benzene rings is 1. The van der Waals surface area contributed by atoms with E-state index in [2.05, 4.69) is 6.58 Å². The summed E-state index contributed by atoms with van der Waals surface area (Å²) in [6.07, 6.45) is 2.79. The number of anilines is 2. The Morgan fingerprint density at radius 3 is 2.47 bits per heavy atom. The van der Waals surface area contributed by atoms with Crippen molar-refractivity contribution in [3.05, 3.63) is 30.3 Å². The maximum atomic E-state index is 11.3. The van der Waals surface area contributed by atoms with Crippen LogP contribution in [0.25, 0.3) is 6.08 Å². The van der Waals surface area contributed by atoms with Crippen molar-refractivity contribution in [1.82, 2.24) is 0 Å². The summed E-state index contributed by atoms with van der Waals surface area (Å²) in [5.41, 5.74) is 7.49. The molecule has 4 nitrogen and oxygen atoms in total. The lowest BCUT2D eigenvalue weighted by atomic mass is 10.2. The molecule has 0 saturated carbocycles. The smallest absolute Gasteiger partial charge is 0.232 e. The summed E-state index contributed by atoms with van der Waals surface area (Å²) < 4.78 is 23.7. The molecule has 2 N–H and O–H groups in total. The maximum absolute atomic E-state index is 11.3. The lowest BCUT2D eigenvalue weighted by Crippen LogP contribution is -2.25. The second kappa shape index (κ2) is 3.94. The molecule has 1 aromatic rings. The minimum absolute atomic E-state index is 0.417. The van der Waals surface area contributed by atoms with Crippen molar-refractivity contribution in [2.75, 3.05) is 23.3 Å². The fourth-order valence-corrected chi connectivity index (χ4v) is 1.69. The molecule has 0 aliphatic rings. The molecule has 0 fully saturated rings. The van der Waals surface area contributed by atoms with E-state index < -0.39 is 10.0 Å². The number of rotatable bonds is 3. The monoisotopic (exact) mass is 226 g/mol. The third-order valence-electron chi connectivity index (χ3n) is 2.12. The highest BCUT2D eigenvalue weighted by Gasteiger charge is 2.14. The van der Waals surface area contributed by atoms with Crippen LogP contribution >= 0.6 is 0 Å². The van der Waals surface area contributed by atoms with Gasteiger partial charge in [0.15, 0.2) is 0 Å². The molecule has 5 heteroatoms. The summed E-state index contributed by atoms with van der Waals surface area (Å²) in [5, 5.41) is 0. The molecule has 82 valence electrons. The van der Waals surface area contributed by atoms with Gasteiger partial charge in [0.25, 0.3) is 0 Å². The molecule has 0 spiro atoms. The van der Waals surface area contributed by atoms with Crippen molar-refractivity contribution in [1.29, 1.82) is 0 Å². The van der Waals surface area contributed by atoms with E-state index in [1.807, 2.05) is 0 Å². The van der Waals surface area contributed by atoms with Crippen molar-refractivity contribution in [3.63, 3.8) is 0 Å². The topological polar surface area (TPSA) is 63.4 Å². The average Bonchev–Trinajstić information content (AvgIpc) is 2.15. The van der Waals surface area contributed by atoms with Crippen molar-refractivity contribution in [2.24, 2.45) is 0 Å². The molecule has 0 amide bonds. The van der Waals surface area contributed by atoms with Gasteiger partial charge in [-0.25, -0.2) is 8.42 Å². The molecule has 0 unspecified atom stereocenters. The quantitative estimate of drug-likeness (QED) is 0.790. The maximum Gasteiger partial charge on any atom is 0.232 e. The first-order valence-corrected chi connectivity index (χ1v) is 6.17. The van der Waals surface area contributed by atoms with Crippen LogP contribution in [0.3, 0.4) is 0 Å². The van der Waals surface area contributed by atoms with E-state index in [0.717, 1.165) is 16.1 Å². The standard InChI is InChI=1S/C10H14N2O2S/c1-4-8-5-6-10(9(11)7-8)12(2)15(3,13)14/h4-7H,1,11H2,2-3H3. The van der Waals surface area contributed by atoms with E-state index in [0.29, 0.717) is 11.4 Å². The molecule has 0 saturated heterocycles. The van der Waals surface area contributed by atoms with E-state index in [9.17, 15) is 8.42 Å². The molecule has 0 aliphatic carbocycles. The van der Waals surface area contributed by atoms with Gasteiger partial charge in [-0.3, -0.25) is 4.31 Å². The van der Waals surface area contributed by atoms with Gasteiger partial charge in [0.05, 0.1) is 17.6 Å². The first-order chi connectivity index (χ1) is 6.86. The molecule has 0 atom stereocenters. The molecule has 1 aromatic carbocycles. The van der Waals surface area contributed by atoms with Gasteiger partial charge in [0, 0.05) is 7.05 Å². The number of hydrogen-bond acceptors (Lipinski definition) is 3. The van der Waals surface area contributed by atoms with Gasteiger partial charge in [-0.05, 0) is 17.7 Å². The second-order valence-electron chi connectivity index (χ2n) is 3.25. The van der Waals surface area contributed by atoms with Crippen LogP contribution in [0.1, 0.15) is 5.56 Å². The summed E-state index contributed by atoms with van der Waals surface area (Å²) in [6.45, 7) is 3.61. The van der Waals surface area contributed by atoms with Crippen molar-refractivity contribution < 1.29 is 8.42 Å². The first-order valence-electron chi connectivity index (χ1n) is 4.32. The van der Waals surface area contributed by atoms with Crippen molar-refractivity contribution in [2.45, 2.75) is 0 Å². The van der Waals surface area contributed by atoms with Gasteiger partial charge >= 0.3 is 0 Å². The Balaban J connectivity index is 3.23. The number of nitrogens with zero attached hydrogens (tertiary/aromatic N) is 1. The van der Waals surface area contributed by atoms with Crippen LogP contribution in [0.5, 0.6) is 0 Å². The largest absolute Gasteiger partial charge is 0.397 e. The van der Waals surface area contributed by atoms with Crippen molar-refractivity contribution in [3.8, 4) is 0 Å². The first kappa shape index (κ1) is 11.6. The Kier molecular flexibility index (Phi) is 3.04. The van der Waals surface area contributed by atoms with Crippen LogP contribution in [-0.2, 0) is 10.0 Å². The highest BCUT2D eigenvalue weighted by atomic mass is 32.2. The molecule has 1 rings (SSSR count). The minimum Gasteiger partial charge on any atom is -0.397 e. The molecule has 0 bridgehead atoms. The van der Waals surface area contributed by atoms with Crippen LogP contribution in [0.15, 0.2) is 24.8 Å². The lowest BCUT2D eigenvalue weighted by Gasteiger charge is -2.18. The fraction of sp³-hybridized carbons (Fsp3) is 0.200. The third kappa shape index (κ3) is 2.50. The Morgan fingerprint density at radius 1 is 1.47 bits per heavy atom. The minimum atomic E-state index is -3.27. The molecular formula is C10H14N2O2S. The van der Waals surface area contributed by atoms with Gasteiger partial charge < -0.3 is 5.73 Å². The fourth-order valence-electron chi connectivity index (χ4n) is 1.17. The average molecular weight is 226 g/mol. The Bertz CT molecular complexity index is 480. The zero-order valence-corrected chi connectivity index (χ0v) is 9.58. The zero-order chi connectivity index (χ0) is 11.6. The van der Waals surface area contributed by atoms with E-state index in [1.54, 1.807) is 24.3 Å². The summed E-state index contributed by atoms with van der Waals surface area (Å²) in [6, 6.07) is 5.11. The van der Waals surface area contributed by atoms with E-state index in [4.69, 9.17) is 5.73 Å². The molecule has 0 aromatic heterocycles. The number of nitrogens with two attached hydrogens (primary N) is 1. The van der Waals surface area contributed by atoms with E-state index in [-0.39, 0.29) is 0 Å². The third-order valence-corrected chi connectivity index (χ3v) is 3.32. The summed E-state index contributed by atoms with van der Waals surface area (Å²) in [4.78, 5) is 0. The van der Waals surface area contributed by atoms with E-state index in [1.165, 1.54) is 7.05 Å². The van der Waals surface area contributed by atoms with Gasteiger partial charge in [-0.2, -0.15) is 0 Å². The SMILES string of the molecule is C=Cc1ccc(N(C)S(C)(=O)=O)c(N)c1. The summed E-state index contributed by atoms with van der Waals surface area (Å²) in [5.74, 6) is 0. The zero-order valence-electron chi connectivity index (χ0n) is 8.77. The predicted octanol–water partition coefficient (Wildman–Crippen LogP) is 1.31. The Labute approximate surface area is 90.1 Å². The molecule has 0 radical (unpaired) electrons. The number of sulfonamides is 1. The van der Waals surface area contributed by atoms with Crippen LogP contribution in [-0.4, -0.2) is 21.7 Å². The highest BCUT2D eigenvalue weighted by Crippen LogP contribution is 2.25. The normalized spacial score (nSPS) is 11.1.